The number of nitrogens with zero attached hydrogens (tertiary/aromatic N) is 1. The Morgan fingerprint density at radius 1 is 0.308 bits per heavy atom. The highest BCUT2D eigenvalue weighted by Gasteiger charge is 2.21. The fourth-order valence-corrected chi connectivity index (χ4v) is 8.84. The molecule has 244 valence electrons. The van der Waals surface area contributed by atoms with Crippen LogP contribution in [0.15, 0.2) is 200 Å². The molecule has 0 bridgehead atoms. The summed E-state index contributed by atoms with van der Waals surface area (Å²) >= 11 is 1.86. The summed E-state index contributed by atoms with van der Waals surface area (Å²) in [5.74, 6) is 0. The van der Waals surface area contributed by atoms with Crippen molar-refractivity contribution in [2.75, 3.05) is 4.90 Å². The van der Waals surface area contributed by atoms with Crippen molar-refractivity contribution >= 4 is 70.1 Å². The van der Waals surface area contributed by atoms with Gasteiger partial charge in [0.2, 0.25) is 0 Å². The molecule has 10 aromatic rings. The Morgan fingerprint density at radius 2 is 0.885 bits per heavy atom. The van der Waals surface area contributed by atoms with Crippen LogP contribution < -0.4 is 4.90 Å². The average molecular weight is 680 g/mol. The van der Waals surface area contributed by atoms with E-state index in [2.05, 4.69) is 205 Å². The van der Waals surface area contributed by atoms with Gasteiger partial charge in [0.25, 0.3) is 0 Å². The largest absolute Gasteiger partial charge is 0.310 e. The molecule has 0 amide bonds. The highest BCUT2D eigenvalue weighted by atomic mass is 32.1. The molecule has 0 aliphatic carbocycles. The molecule has 0 spiro atoms. The van der Waals surface area contributed by atoms with Crippen molar-refractivity contribution in [3.05, 3.63) is 200 Å². The topological polar surface area (TPSA) is 3.24 Å². The van der Waals surface area contributed by atoms with Gasteiger partial charge in [-0.15, -0.1) is 11.3 Å². The smallest absolute Gasteiger partial charge is 0.0546 e. The number of thiophene rings is 1. The second kappa shape index (κ2) is 12.7. The van der Waals surface area contributed by atoms with Gasteiger partial charge in [0.1, 0.15) is 0 Å². The third-order valence-electron chi connectivity index (χ3n) is 10.3. The summed E-state index contributed by atoms with van der Waals surface area (Å²) in [6.45, 7) is 0. The molecule has 0 N–H and O–H groups in total. The lowest BCUT2D eigenvalue weighted by Gasteiger charge is -2.29. The second-order valence-electron chi connectivity index (χ2n) is 13.3. The molecule has 0 unspecified atom stereocenters. The first-order chi connectivity index (χ1) is 25.8. The Hall–Kier alpha value is -6.48. The van der Waals surface area contributed by atoms with E-state index in [1.807, 2.05) is 11.3 Å². The summed E-state index contributed by atoms with van der Waals surface area (Å²) in [6.07, 6.45) is 0. The molecule has 0 saturated carbocycles. The molecule has 0 aliphatic heterocycles. The van der Waals surface area contributed by atoms with E-state index >= 15 is 0 Å². The fraction of sp³-hybridized carbons (Fsp3) is 0. The van der Waals surface area contributed by atoms with E-state index < -0.39 is 0 Å². The Kier molecular flexibility index (Phi) is 7.41. The predicted molar refractivity (Wildman–Crippen MR) is 225 cm³/mol. The Labute approximate surface area is 307 Å². The Balaban J connectivity index is 1.24. The van der Waals surface area contributed by atoms with Gasteiger partial charge in [-0.2, -0.15) is 0 Å². The van der Waals surface area contributed by atoms with E-state index in [1.54, 1.807) is 0 Å². The minimum atomic E-state index is 1.11. The van der Waals surface area contributed by atoms with Crippen molar-refractivity contribution in [2.24, 2.45) is 0 Å². The van der Waals surface area contributed by atoms with E-state index in [0.717, 1.165) is 17.1 Å². The standard InChI is InChI=1S/C50H33NS/c1-3-13-34(14-4-1)35-23-26-39(27-24-35)51(40-28-30-50-47(33-40)45-21-11-12-22-49(45)52-50)48-32-38(25-29-42(48)36-15-5-2-6-16-36)46-31-37-17-7-8-18-41(37)43-19-9-10-20-44(43)46/h1-33H. The SMILES string of the molecule is c1ccc(-c2ccc(N(c3ccc4sc5ccccc5c4c3)c3cc(-c4cc5ccccc5c5ccccc45)ccc3-c3ccccc3)cc2)cc1. The van der Waals surface area contributed by atoms with Crippen LogP contribution in [0.2, 0.25) is 0 Å². The van der Waals surface area contributed by atoms with Gasteiger partial charge in [0.05, 0.1) is 5.69 Å². The van der Waals surface area contributed by atoms with Crippen LogP contribution in [0.25, 0.3) is 75.1 Å². The molecule has 0 fully saturated rings. The van der Waals surface area contributed by atoms with Gasteiger partial charge in [0, 0.05) is 37.1 Å². The minimum absolute atomic E-state index is 1.11. The lowest BCUT2D eigenvalue weighted by atomic mass is 9.91. The number of rotatable bonds is 6. The highest BCUT2D eigenvalue weighted by molar-refractivity contribution is 7.25. The van der Waals surface area contributed by atoms with Crippen molar-refractivity contribution in [3.63, 3.8) is 0 Å². The van der Waals surface area contributed by atoms with Gasteiger partial charge in [-0.25, -0.2) is 0 Å². The molecule has 52 heavy (non-hydrogen) atoms. The summed E-state index contributed by atoms with van der Waals surface area (Å²) in [5, 5.41) is 7.62. The Bertz CT molecular complexity index is 2890. The third-order valence-corrected chi connectivity index (χ3v) is 11.4. The maximum Gasteiger partial charge on any atom is 0.0546 e. The van der Waals surface area contributed by atoms with Crippen LogP contribution in [0.1, 0.15) is 0 Å². The maximum absolute atomic E-state index is 2.45. The molecule has 9 aromatic carbocycles. The van der Waals surface area contributed by atoms with Crippen LogP contribution in [-0.4, -0.2) is 0 Å². The van der Waals surface area contributed by atoms with Crippen molar-refractivity contribution in [1.82, 2.24) is 0 Å². The van der Waals surface area contributed by atoms with Gasteiger partial charge in [-0.05, 0) is 97.9 Å². The zero-order valence-electron chi connectivity index (χ0n) is 28.4. The van der Waals surface area contributed by atoms with E-state index in [-0.39, 0.29) is 0 Å². The van der Waals surface area contributed by atoms with E-state index in [4.69, 9.17) is 0 Å². The van der Waals surface area contributed by atoms with Crippen LogP contribution in [0.3, 0.4) is 0 Å². The maximum atomic E-state index is 2.45. The molecule has 1 heterocycles. The molecule has 1 aromatic heterocycles. The monoisotopic (exact) mass is 679 g/mol. The molecular formula is C50H33NS. The molecule has 0 radical (unpaired) electrons. The molecule has 0 aliphatic rings. The van der Waals surface area contributed by atoms with Gasteiger partial charge in [0.15, 0.2) is 0 Å². The van der Waals surface area contributed by atoms with Crippen molar-refractivity contribution in [1.29, 1.82) is 0 Å². The first-order valence-corrected chi connectivity index (χ1v) is 18.6. The van der Waals surface area contributed by atoms with E-state index in [9.17, 15) is 0 Å². The molecule has 2 heteroatoms. The lowest BCUT2D eigenvalue weighted by Crippen LogP contribution is -2.11. The highest BCUT2D eigenvalue weighted by Crippen LogP contribution is 2.46. The predicted octanol–water partition coefficient (Wildman–Crippen LogP) is 14.8. The van der Waals surface area contributed by atoms with Crippen LogP contribution >= 0.6 is 11.3 Å². The van der Waals surface area contributed by atoms with Gasteiger partial charge in [-0.3, -0.25) is 0 Å². The summed E-state index contributed by atoms with van der Waals surface area (Å²) in [4.78, 5) is 2.45. The first kappa shape index (κ1) is 30.4. The van der Waals surface area contributed by atoms with E-state index in [0.29, 0.717) is 0 Å². The number of benzene rings is 9. The summed E-state index contributed by atoms with van der Waals surface area (Å²) < 4.78 is 2.60. The number of hydrogen-bond donors (Lipinski definition) is 0. The quantitative estimate of drug-likeness (QED) is 0.158. The van der Waals surface area contributed by atoms with Crippen molar-refractivity contribution in [3.8, 4) is 33.4 Å². The zero-order chi connectivity index (χ0) is 34.4. The van der Waals surface area contributed by atoms with Gasteiger partial charge < -0.3 is 4.90 Å². The van der Waals surface area contributed by atoms with Crippen LogP contribution in [0.4, 0.5) is 17.1 Å². The summed E-state index contributed by atoms with van der Waals surface area (Å²) in [5.41, 5.74) is 10.5. The van der Waals surface area contributed by atoms with Gasteiger partial charge >= 0.3 is 0 Å². The van der Waals surface area contributed by atoms with Gasteiger partial charge in [-0.1, -0.05) is 152 Å². The normalized spacial score (nSPS) is 11.5. The molecule has 0 atom stereocenters. The number of hydrogen-bond acceptors (Lipinski definition) is 2. The third kappa shape index (κ3) is 5.24. The van der Waals surface area contributed by atoms with Crippen LogP contribution in [0, 0.1) is 0 Å². The molecule has 10 rings (SSSR count). The Morgan fingerprint density at radius 3 is 1.67 bits per heavy atom. The minimum Gasteiger partial charge on any atom is -0.310 e. The van der Waals surface area contributed by atoms with E-state index in [1.165, 1.54) is 75.1 Å². The molecule has 1 nitrogen and oxygen atoms in total. The fourth-order valence-electron chi connectivity index (χ4n) is 7.75. The number of anilines is 3. The number of fused-ring (bicyclic) bond motifs is 6. The summed E-state index contributed by atoms with van der Waals surface area (Å²) in [6, 6.07) is 73.1. The molecular weight excluding hydrogens is 647 g/mol. The summed E-state index contributed by atoms with van der Waals surface area (Å²) in [7, 11) is 0. The average Bonchev–Trinajstić information content (AvgIpc) is 3.60. The lowest BCUT2D eigenvalue weighted by molar-refractivity contribution is 1.29. The molecule has 0 saturated heterocycles. The second-order valence-corrected chi connectivity index (χ2v) is 14.4. The van der Waals surface area contributed by atoms with Crippen molar-refractivity contribution in [2.45, 2.75) is 0 Å². The van der Waals surface area contributed by atoms with Crippen LogP contribution in [-0.2, 0) is 0 Å². The van der Waals surface area contributed by atoms with Crippen molar-refractivity contribution < 1.29 is 0 Å². The van der Waals surface area contributed by atoms with Crippen LogP contribution in [0.5, 0.6) is 0 Å². The first-order valence-electron chi connectivity index (χ1n) is 17.8. The zero-order valence-corrected chi connectivity index (χ0v) is 29.2.